The van der Waals surface area contributed by atoms with Crippen molar-refractivity contribution in [2.45, 2.75) is 45.2 Å². The van der Waals surface area contributed by atoms with Crippen LogP contribution in [0.1, 0.15) is 39.2 Å². The molecule has 4 aliphatic rings. The fraction of sp³-hybridized carbons (Fsp3) is 0.458. The van der Waals surface area contributed by atoms with E-state index in [2.05, 4.69) is 11.1 Å². The molecule has 0 unspecified atom stereocenters. The second kappa shape index (κ2) is 7.49. The van der Waals surface area contributed by atoms with Crippen LogP contribution in [-0.2, 0) is 0 Å². The number of benzene rings is 1. The molecule has 3 N–H and O–H groups in total. The van der Waals surface area contributed by atoms with Crippen molar-refractivity contribution in [1.29, 1.82) is 0 Å². The van der Waals surface area contributed by atoms with Crippen LogP contribution in [0, 0.1) is 21.6 Å². The van der Waals surface area contributed by atoms with E-state index >= 15 is 4.39 Å². The molecule has 170 valence electrons. The summed E-state index contributed by atoms with van der Waals surface area (Å²) in [6.07, 6.45) is 2.85. The van der Waals surface area contributed by atoms with E-state index in [-0.39, 0.29) is 29.1 Å². The summed E-state index contributed by atoms with van der Waals surface area (Å²) in [7, 11) is 1.56. The smallest absolute Gasteiger partial charge is 0.209 e. The summed E-state index contributed by atoms with van der Waals surface area (Å²) < 4.78 is 24.6. The Kier molecular flexibility index (Phi) is 4.98. The number of aromatic nitrogens is 1. The van der Waals surface area contributed by atoms with Crippen molar-refractivity contribution in [3.05, 3.63) is 41.7 Å². The van der Waals surface area contributed by atoms with Crippen LogP contribution in [0.5, 0.6) is 5.75 Å². The van der Waals surface area contributed by atoms with Crippen LogP contribution in [0.25, 0.3) is 23.2 Å². The highest BCUT2D eigenvalue weighted by atomic mass is 32.1. The molecule has 1 saturated carbocycles. The van der Waals surface area contributed by atoms with Gasteiger partial charge in [-0.15, -0.1) is 11.3 Å². The predicted octanol–water partition coefficient (Wildman–Crippen LogP) is 2.54. The fourth-order valence-electron chi connectivity index (χ4n) is 4.98. The summed E-state index contributed by atoms with van der Waals surface area (Å²) in [5, 5.41) is 11.6. The third-order valence-electron chi connectivity index (χ3n) is 6.84. The Labute approximate surface area is 188 Å². The van der Waals surface area contributed by atoms with Crippen LogP contribution in [0.15, 0.2) is 10.9 Å². The van der Waals surface area contributed by atoms with Crippen molar-refractivity contribution in [3.63, 3.8) is 0 Å². The molecule has 1 aromatic carbocycles. The van der Waals surface area contributed by atoms with Crippen molar-refractivity contribution in [1.82, 2.24) is 4.57 Å². The van der Waals surface area contributed by atoms with E-state index in [1.807, 2.05) is 11.8 Å². The highest BCUT2D eigenvalue weighted by Crippen LogP contribution is 2.45. The molecule has 0 aromatic heterocycles. The number of nitrogens with zero attached hydrogens (tertiary/aromatic N) is 2. The van der Waals surface area contributed by atoms with Crippen LogP contribution in [0.4, 0.5) is 10.1 Å². The minimum Gasteiger partial charge on any atom is -0.511 e. The van der Waals surface area contributed by atoms with E-state index in [0.717, 1.165) is 29.4 Å². The highest BCUT2D eigenvalue weighted by Gasteiger charge is 2.33. The SMILES string of the molecule is C=c1c2c(=O)/c(=C(/C)O)sc=2n(C2CC2)c2c(OC)c(N3CC[C@@H]([C@@H](C)N)C3)c(F)cc12. The van der Waals surface area contributed by atoms with Crippen molar-refractivity contribution in [3.8, 4) is 5.75 Å². The van der Waals surface area contributed by atoms with Crippen LogP contribution >= 0.6 is 11.3 Å². The van der Waals surface area contributed by atoms with Crippen LogP contribution in [0.3, 0.4) is 0 Å². The standard InChI is InChI=1S/C24H28FN3O3S/c1-11-16-9-17(25)20(27-8-7-14(10-27)12(2)26)22(31-4)19(16)28(15-5-6-15)24-18(11)21(30)23(32-24)13(3)29/h9,12,14-15,29H,1,5-8,10,26H2,2-4H3/b23-13+/t12-,14-/m1/s1. The zero-order valence-electron chi connectivity index (χ0n) is 18.6. The normalized spacial score (nSPS) is 20.9. The third-order valence-corrected chi connectivity index (χ3v) is 8.12. The van der Waals surface area contributed by atoms with Gasteiger partial charge in [0.15, 0.2) is 11.6 Å². The van der Waals surface area contributed by atoms with Crippen molar-refractivity contribution >= 4 is 40.3 Å². The van der Waals surface area contributed by atoms with Gasteiger partial charge in [-0.05, 0) is 50.3 Å². The zero-order valence-corrected chi connectivity index (χ0v) is 19.4. The maximum atomic E-state index is 15.6. The Bertz CT molecular complexity index is 1470. The number of hydrogen-bond acceptors (Lipinski definition) is 6. The molecular weight excluding hydrogens is 429 g/mol. The summed E-state index contributed by atoms with van der Waals surface area (Å²) >= 11 is 1.27. The minimum absolute atomic E-state index is 0.0140. The molecule has 5 rings (SSSR count). The number of hydrogen-bond donors (Lipinski definition) is 2. The van der Waals surface area contributed by atoms with Crippen LogP contribution < -0.4 is 30.6 Å². The van der Waals surface area contributed by atoms with Crippen molar-refractivity contribution in [2.24, 2.45) is 11.7 Å². The predicted molar refractivity (Wildman–Crippen MR) is 127 cm³/mol. The Morgan fingerprint density at radius 2 is 2.12 bits per heavy atom. The molecule has 0 amide bonds. The molecule has 0 bridgehead atoms. The number of rotatable bonds is 4. The molecule has 6 nitrogen and oxygen atoms in total. The van der Waals surface area contributed by atoms with Gasteiger partial charge >= 0.3 is 0 Å². The van der Waals surface area contributed by atoms with Crippen molar-refractivity contribution in [2.75, 3.05) is 25.1 Å². The summed E-state index contributed by atoms with van der Waals surface area (Å²) in [5.74, 6) is 0.359. The quantitative estimate of drug-likeness (QED) is 0.629. The van der Waals surface area contributed by atoms with Gasteiger partial charge in [0.25, 0.3) is 0 Å². The van der Waals surface area contributed by atoms with E-state index in [4.69, 9.17) is 10.5 Å². The summed E-state index contributed by atoms with van der Waals surface area (Å²) in [5.41, 5.74) is 7.07. The number of anilines is 1. The fourth-order valence-corrected chi connectivity index (χ4v) is 6.17. The lowest BCUT2D eigenvalue weighted by Crippen LogP contribution is -2.30. The van der Waals surface area contributed by atoms with Gasteiger partial charge < -0.3 is 25.0 Å². The van der Waals surface area contributed by atoms with Crippen molar-refractivity contribution < 1.29 is 14.2 Å². The Morgan fingerprint density at radius 3 is 2.69 bits per heavy atom. The average Bonchev–Trinajstić information content (AvgIpc) is 3.34. The van der Waals surface area contributed by atoms with Gasteiger partial charge in [0.2, 0.25) is 5.43 Å². The zero-order chi connectivity index (χ0) is 22.9. The van der Waals surface area contributed by atoms with E-state index < -0.39 is 0 Å². The Morgan fingerprint density at radius 1 is 1.41 bits per heavy atom. The lowest BCUT2D eigenvalue weighted by atomic mass is 10.0. The number of nitrogens with two attached hydrogens (primary N) is 1. The molecule has 2 atom stereocenters. The maximum absolute atomic E-state index is 15.6. The molecular formula is C24H28FN3O3S. The molecule has 32 heavy (non-hydrogen) atoms. The minimum atomic E-state index is -0.390. The summed E-state index contributed by atoms with van der Waals surface area (Å²) in [6, 6.07) is 1.72. The van der Waals surface area contributed by atoms with Gasteiger partial charge in [0.05, 0.1) is 17.8 Å². The van der Waals surface area contributed by atoms with Gasteiger partial charge in [-0.3, -0.25) is 4.79 Å². The number of halogens is 1. The monoisotopic (exact) mass is 457 g/mol. The highest BCUT2D eigenvalue weighted by molar-refractivity contribution is 7.07. The molecule has 1 aliphatic carbocycles. The largest absolute Gasteiger partial charge is 0.511 e. The molecule has 1 saturated heterocycles. The van der Waals surface area contributed by atoms with E-state index in [1.54, 1.807) is 7.11 Å². The first kappa shape index (κ1) is 21.3. The number of ether oxygens (including phenoxy) is 1. The molecule has 1 aromatic rings. The van der Waals surface area contributed by atoms with E-state index in [9.17, 15) is 9.90 Å². The number of aliphatic hydroxyl groups excluding tert-OH is 1. The van der Waals surface area contributed by atoms with Gasteiger partial charge in [0.1, 0.15) is 20.6 Å². The van der Waals surface area contributed by atoms with Crippen LogP contribution in [0.2, 0.25) is 0 Å². The first-order chi connectivity index (χ1) is 15.2. The average molecular weight is 458 g/mol. The number of fused-ring (bicyclic) bond motifs is 1. The van der Waals surface area contributed by atoms with Crippen LogP contribution in [-0.4, -0.2) is 35.9 Å². The summed E-state index contributed by atoms with van der Waals surface area (Å²) in [4.78, 5) is 15.1. The third kappa shape index (κ3) is 3.03. The van der Waals surface area contributed by atoms with Gasteiger partial charge in [-0.1, -0.05) is 6.58 Å². The molecule has 2 fully saturated rings. The van der Waals surface area contributed by atoms with E-state index in [0.29, 0.717) is 50.8 Å². The molecule has 8 heteroatoms. The first-order valence-electron chi connectivity index (χ1n) is 11.0. The molecule has 0 spiro atoms. The first-order valence-corrected chi connectivity index (χ1v) is 11.8. The van der Waals surface area contributed by atoms with E-state index in [1.165, 1.54) is 24.3 Å². The van der Waals surface area contributed by atoms with Gasteiger partial charge in [-0.25, -0.2) is 4.39 Å². The molecule has 0 radical (unpaired) electrons. The van der Waals surface area contributed by atoms with Gasteiger partial charge in [-0.2, -0.15) is 0 Å². The Hall–Kier alpha value is -2.58. The number of aliphatic hydroxyl groups is 1. The lowest BCUT2D eigenvalue weighted by molar-refractivity contribution is 0.413. The van der Waals surface area contributed by atoms with Gasteiger partial charge in [0, 0.05) is 30.6 Å². The molecule has 3 heterocycles. The topological polar surface area (TPSA) is 80.7 Å². The molecule has 3 aliphatic heterocycles. The maximum Gasteiger partial charge on any atom is 0.209 e. The number of methoxy groups -OCH3 is 1. The lowest BCUT2D eigenvalue weighted by Gasteiger charge is -2.25. The Balaban J connectivity index is 1.91. The second-order valence-electron chi connectivity index (χ2n) is 9.10. The second-order valence-corrected chi connectivity index (χ2v) is 10.1. The summed E-state index contributed by atoms with van der Waals surface area (Å²) in [6.45, 7) is 9.04.